The van der Waals surface area contributed by atoms with Crippen molar-refractivity contribution in [1.29, 1.82) is 0 Å². The molecule has 1 saturated heterocycles. The fourth-order valence-electron chi connectivity index (χ4n) is 3.13. The van der Waals surface area contributed by atoms with Crippen molar-refractivity contribution in [3.05, 3.63) is 35.9 Å². The van der Waals surface area contributed by atoms with Crippen LogP contribution in [0, 0.1) is 0 Å². The van der Waals surface area contributed by atoms with Gasteiger partial charge in [-0.1, -0.05) is 49.6 Å². The van der Waals surface area contributed by atoms with Crippen molar-refractivity contribution >= 4 is 0 Å². The largest absolute Gasteiger partial charge is 0.347 e. The Bertz CT molecular complexity index is 368. The molecule has 1 atom stereocenters. The third-order valence-electron chi connectivity index (χ3n) is 4.00. The smallest absolute Gasteiger partial charge is 0.225 e. The SMILES string of the molecule is COC1(c2ccccc2)OC12CCCCC2. The highest BCUT2D eigenvalue weighted by atomic mass is 16.8. The summed E-state index contributed by atoms with van der Waals surface area (Å²) >= 11 is 0. The van der Waals surface area contributed by atoms with Crippen molar-refractivity contribution in [3.8, 4) is 0 Å². The average Bonchev–Trinajstić information content (AvgIpc) is 3.00. The molecular weight excluding hydrogens is 200 g/mol. The quantitative estimate of drug-likeness (QED) is 0.711. The van der Waals surface area contributed by atoms with E-state index >= 15 is 0 Å². The molecule has 16 heavy (non-hydrogen) atoms. The average molecular weight is 218 g/mol. The Morgan fingerprint density at radius 3 is 2.38 bits per heavy atom. The van der Waals surface area contributed by atoms with Crippen molar-refractivity contribution in [1.82, 2.24) is 0 Å². The zero-order chi connectivity index (χ0) is 11.1. The monoisotopic (exact) mass is 218 g/mol. The van der Waals surface area contributed by atoms with E-state index in [1.54, 1.807) is 7.11 Å². The first-order chi connectivity index (χ1) is 7.83. The summed E-state index contributed by atoms with van der Waals surface area (Å²) in [5.74, 6) is -0.450. The molecule has 2 heteroatoms. The summed E-state index contributed by atoms with van der Waals surface area (Å²) in [7, 11) is 1.76. The van der Waals surface area contributed by atoms with Gasteiger partial charge < -0.3 is 9.47 Å². The van der Waals surface area contributed by atoms with Gasteiger partial charge in [0.25, 0.3) is 0 Å². The predicted octanol–water partition coefficient (Wildman–Crippen LogP) is 3.22. The maximum Gasteiger partial charge on any atom is 0.225 e. The minimum atomic E-state index is -0.450. The van der Waals surface area contributed by atoms with E-state index in [-0.39, 0.29) is 5.60 Å². The van der Waals surface area contributed by atoms with E-state index in [4.69, 9.17) is 9.47 Å². The molecule has 0 aromatic heterocycles. The van der Waals surface area contributed by atoms with Crippen LogP contribution in [-0.4, -0.2) is 12.7 Å². The molecule has 1 aliphatic heterocycles. The molecule has 3 rings (SSSR count). The predicted molar refractivity (Wildman–Crippen MR) is 62.0 cm³/mol. The topological polar surface area (TPSA) is 21.8 Å². The molecule has 1 unspecified atom stereocenters. The summed E-state index contributed by atoms with van der Waals surface area (Å²) in [5, 5.41) is 0. The summed E-state index contributed by atoms with van der Waals surface area (Å²) in [6.07, 6.45) is 6.13. The molecule has 1 heterocycles. The van der Waals surface area contributed by atoms with Crippen molar-refractivity contribution in [2.24, 2.45) is 0 Å². The van der Waals surface area contributed by atoms with Gasteiger partial charge in [0.1, 0.15) is 5.60 Å². The van der Waals surface area contributed by atoms with Gasteiger partial charge in [-0.2, -0.15) is 0 Å². The Morgan fingerprint density at radius 1 is 1.06 bits per heavy atom. The van der Waals surface area contributed by atoms with Crippen LogP contribution in [0.25, 0.3) is 0 Å². The summed E-state index contributed by atoms with van der Waals surface area (Å²) in [4.78, 5) is 0. The van der Waals surface area contributed by atoms with Crippen molar-refractivity contribution < 1.29 is 9.47 Å². The molecule has 1 aliphatic carbocycles. The normalized spacial score (nSPS) is 31.6. The Hall–Kier alpha value is -0.860. The zero-order valence-corrected chi connectivity index (χ0v) is 9.74. The molecule has 2 aliphatic rings. The van der Waals surface area contributed by atoms with Gasteiger partial charge in [-0.3, -0.25) is 0 Å². The molecule has 86 valence electrons. The van der Waals surface area contributed by atoms with E-state index in [0.717, 1.165) is 12.8 Å². The number of hydrogen-bond donors (Lipinski definition) is 0. The molecule has 0 radical (unpaired) electrons. The lowest BCUT2D eigenvalue weighted by atomic mass is 9.82. The fourth-order valence-corrected chi connectivity index (χ4v) is 3.13. The fraction of sp³-hybridized carbons (Fsp3) is 0.571. The third kappa shape index (κ3) is 1.26. The maximum atomic E-state index is 6.05. The van der Waals surface area contributed by atoms with E-state index in [9.17, 15) is 0 Å². The number of ether oxygens (including phenoxy) is 2. The molecule has 1 aromatic rings. The third-order valence-corrected chi connectivity index (χ3v) is 4.00. The first-order valence-corrected chi connectivity index (χ1v) is 6.14. The van der Waals surface area contributed by atoms with Crippen LogP contribution in [0.4, 0.5) is 0 Å². The van der Waals surface area contributed by atoms with Gasteiger partial charge in [-0.05, 0) is 12.8 Å². The van der Waals surface area contributed by atoms with Crippen LogP contribution in [-0.2, 0) is 15.3 Å². The highest BCUT2D eigenvalue weighted by Gasteiger charge is 2.71. The minimum Gasteiger partial charge on any atom is -0.347 e. The molecule has 1 spiro atoms. The van der Waals surface area contributed by atoms with Crippen molar-refractivity contribution in [2.45, 2.75) is 43.5 Å². The second-order valence-electron chi connectivity index (χ2n) is 4.84. The van der Waals surface area contributed by atoms with E-state index in [1.807, 2.05) is 18.2 Å². The molecule has 0 amide bonds. The van der Waals surface area contributed by atoms with Crippen LogP contribution < -0.4 is 0 Å². The van der Waals surface area contributed by atoms with E-state index in [2.05, 4.69) is 12.1 Å². The molecule has 2 fully saturated rings. The molecule has 2 nitrogen and oxygen atoms in total. The standard InChI is InChI=1S/C14H18O2/c1-15-14(12-8-4-2-5-9-12)13(16-14)10-6-3-7-11-13/h2,4-5,8-9H,3,6-7,10-11H2,1H3. The van der Waals surface area contributed by atoms with Gasteiger partial charge >= 0.3 is 0 Å². The van der Waals surface area contributed by atoms with Crippen molar-refractivity contribution in [3.63, 3.8) is 0 Å². The molecule has 0 N–H and O–H groups in total. The van der Waals surface area contributed by atoms with Crippen LogP contribution in [0.3, 0.4) is 0 Å². The van der Waals surface area contributed by atoms with E-state index in [1.165, 1.54) is 24.8 Å². The Kier molecular flexibility index (Phi) is 2.30. The van der Waals surface area contributed by atoms with Crippen LogP contribution in [0.5, 0.6) is 0 Å². The first kappa shape index (κ1) is 10.3. The van der Waals surface area contributed by atoms with Crippen LogP contribution in [0.2, 0.25) is 0 Å². The highest BCUT2D eigenvalue weighted by molar-refractivity contribution is 5.31. The lowest BCUT2D eigenvalue weighted by molar-refractivity contribution is -0.0153. The maximum absolute atomic E-state index is 6.05. The highest BCUT2D eigenvalue weighted by Crippen LogP contribution is 2.62. The number of methoxy groups -OCH3 is 1. The van der Waals surface area contributed by atoms with E-state index in [0.29, 0.717) is 0 Å². The summed E-state index contributed by atoms with van der Waals surface area (Å²) in [5.41, 5.74) is 1.14. The van der Waals surface area contributed by atoms with Gasteiger partial charge in [-0.25, -0.2) is 0 Å². The Morgan fingerprint density at radius 2 is 1.75 bits per heavy atom. The first-order valence-electron chi connectivity index (χ1n) is 6.14. The van der Waals surface area contributed by atoms with Crippen LogP contribution >= 0.6 is 0 Å². The number of epoxide rings is 1. The summed E-state index contributed by atoms with van der Waals surface area (Å²) < 4.78 is 11.8. The van der Waals surface area contributed by atoms with Crippen molar-refractivity contribution in [2.75, 3.05) is 7.11 Å². The lowest BCUT2D eigenvalue weighted by Gasteiger charge is -2.22. The number of rotatable bonds is 2. The summed E-state index contributed by atoms with van der Waals surface area (Å²) in [6.45, 7) is 0. The lowest BCUT2D eigenvalue weighted by Crippen LogP contribution is -2.28. The van der Waals surface area contributed by atoms with Gasteiger partial charge in [0, 0.05) is 12.7 Å². The van der Waals surface area contributed by atoms with Gasteiger partial charge in [0.05, 0.1) is 0 Å². The van der Waals surface area contributed by atoms with Gasteiger partial charge in [0.2, 0.25) is 5.79 Å². The van der Waals surface area contributed by atoms with Gasteiger partial charge in [-0.15, -0.1) is 0 Å². The summed E-state index contributed by atoms with van der Waals surface area (Å²) in [6, 6.07) is 10.3. The Balaban J connectivity index is 1.92. The minimum absolute atomic E-state index is 0.0264. The zero-order valence-electron chi connectivity index (χ0n) is 9.74. The number of benzene rings is 1. The number of hydrogen-bond acceptors (Lipinski definition) is 2. The Labute approximate surface area is 96.6 Å². The molecule has 1 saturated carbocycles. The molecule has 0 bridgehead atoms. The van der Waals surface area contributed by atoms with E-state index < -0.39 is 5.79 Å². The van der Waals surface area contributed by atoms with Crippen LogP contribution in [0.15, 0.2) is 30.3 Å². The molecule has 1 aromatic carbocycles. The second-order valence-corrected chi connectivity index (χ2v) is 4.84. The molecular formula is C14H18O2. The van der Waals surface area contributed by atoms with Crippen LogP contribution in [0.1, 0.15) is 37.7 Å². The second kappa shape index (κ2) is 3.57. The van der Waals surface area contributed by atoms with Gasteiger partial charge in [0.15, 0.2) is 0 Å².